The smallest absolute Gasteiger partial charge is 0.267 e. The number of aryl methyl sites for hydroxylation is 1. The van der Waals surface area contributed by atoms with Gasteiger partial charge in [-0.3, -0.25) is 9.59 Å². The van der Waals surface area contributed by atoms with E-state index in [4.69, 9.17) is 0 Å². The minimum atomic E-state index is -0.364. The number of para-hydroxylation sites is 1. The van der Waals surface area contributed by atoms with Crippen LogP contribution in [-0.4, -0.2) is 26.1 Å². The van der Waals surface area contributed by atoms with E-state index in [1.165, 1.54) is 40.6 Å². The monoisotopic (exact) mass is 433 g/mol. The van der Waals surface area contributed by atoms with Crippen molar-refractivity contribution in [1.29, 1.82) is 0 Å². The van der Waals surface area contributed by atoms with Crippen LogP contribution in [0.3, 0.4) is 0 Å². The van der Waals surface area contributed by atoms with Gasteiger partial charge in [0.05, 0.1) is 10.9 Å². The Bertz CT molecular complexity index is 1300. The van der Waals surface area contributed by atoms with E-state index in [0.29, 0.717) is 46.0 Å². The lowest BCUT2D eigenvalue weighted by molar-refractivity contribution is 0.0982. The number of rotatable bonds is 7. The first-order chi connectivity index (χ1) is 15.0. The molecule has 0 saturated heterocycles. The van der Waals surface area contributed by atoms with Gasteiger partial charge in [-0.15, -0.1) is 0 Å². The minimum absolute atomic E-state index is 0.0372. The summed E-state index contributed by atoms with van der Waals surface area (Å²) in [4.78, 5) is 34.6. The molecule has 0 fully saturated rings. The fourth-order valence-corrected chi connectivity index (χ4v) is 4.17. The first-order valence-electron chi connectivity index (χ1n) is 9.89. The Morgan fingerprint density at radius 1 is 1.10 bits per heavy atom. The lowest BCUT2D eigenvalue weighted by Crippen LogP contribution is -2.22. The van der Waals surface area contributed by atoms with Crippen molar-refractivity contribution in [2.45, 2.75) is 24.9 Å². The summed E-state index contributed by atoms with van der Waals surface area (Å²) in [7, 11) is 0. The number of hydrogen-bond donors (Lipinski definition) is 0. The molecule has 4 aromatic rings. The van der Waals surface area contributed by atoms with Crippen LogP contribution >= 0.6 is 11.8 Å². The highest BCUT2D eigenvalue weighted by atomic mass is 32.2. The van der Waals surface area contributed by atoms with Gasteiger partial charge in [0.2, 0.25) is 0 Å². The van der Waals surface area contributed by atoms with Crippen molar-refractivity contribution in [3.8, 4) is 5.82 Å². The van der Waals surface area contributed by atoms with Crippen molar-refractivity contribution in [1.82, 2.24) is 14.5 Å². The molecule has 0 amide bonds. The summed E-state index contributed by atoms with van der Waals surface area (Å²) in [5.74, 6) is 0.721. The van der Waals surface area contributed by atoms with Gasteiger partial charge in [-0.2, -0.15) is 0 Å². The number of carbonyl (C=O) groups is 1. The quantitative estimate of drug-likeness (QED) is 0.178. The zero-order valence-electron chi connectivity index (χ0n) is 16.9. The number of aromatic nitrogens is 3. The molecule has 0 bridgehead atoms. The molecular formula is C24H20FN3O2S. The number of ketones is 1. The van der Waals surface area contributed by atoms with E-state index in [1.54, 1.807) is 12.3 Å². The lowest BCUT2D eigenvalue weighted by Gasteiger charge is -2.12. The fourth-order valence-electron chi connectivity index (χ4n) is 3.23. The van der Waals surface area contributed by atoms with Gasteiger partial charge in [0.1, 0.15) is 11.6 Å². The summed E-state index contributed by atoms with van der Waals surface area (Å²) in [6, 6.07) is 16.5. The van der Waals surface area contributed by atoms with E-state index < -0.39 is 0 Å². The van der Waals surface area contributed by atoms with Crippen molar-refractivity contribution in [2.75, 3.05) is 5.75 Å². The van der Waals surface area contributed by atoms with Crippen molar-refractivity contribution in [3.05, 3.63) is 94.2 Å². The number of fused-ring (bicyclic) bond motifs is 1. The van der Waals surface area contributed by atoms with Gasteiger partial charge in [-0.1, -0.05) is 23.9 Å². The molecule has 0 aliphatic carbocycles. The number of benzene rings is 2. The highest BCUT2D eigenvalue weighted by molar-refractivity contribution is 7.99. The van der Waals surface area contributed by atoms with E-state index in [2.05, 4.69) is 9.97 Å². The van der Waals surface area contributed by atoms with Gasteiger partial charge >= 0.3 is 0 Å². The summed E-state index contributed by atoms with van der Waals surface area (Å²) in [6.07, 6.45) is 2.60. The number of carbonyl (C=O) groups excluding carboxylic acids is 1. The van der Waals surface area contributed by atoms with Gasteiger partial charge in [0.15, 0.2) is 10.9 Å². The van der Waals surface area contributed by atoms with Crippen LogP contribution in [-0.2, 0) is 0 Å². The molecule has 0 saturated carbocycles. The van der Waals surface area contributed by atoms with E-state index in [0.717, 1.165) is 5.56 Å². The van der Waals surface area contributed by atoms with Crippen LogP contribution in [0.1, 0.15) is 28.8 Å². The normalized spacial score (nSPS) is 11.0. The van der Waals surface area contributed by atoms with E-state index >= 15 is 0 Å². The summed E-state index contributed by atoms with van der Waals surface area (Å²) in [5.41, 5.74) is 1.94. The predicted molar refractivity (Wildman–Crippen MR) is 121 cm³/mol. The molecule has 2 aromatic heterocycles. The maximum absolute atomic E-state index is 13.2. The Balaban J connectivity index is 1.56. The van der Waals surface area contributed by atoms with Gasteiger partial charge < -0.3 is 0 Å². The van der Waals surface area contributed by atoms with E-state index in [1.807, 2.05) is 37.3 Å². The van der Waals surface area contributed by atoms with Gasteiger partial charge in [-0.25, -0.2) is 18.9 Å². The standard InChI is InChI=1S/C24H20FN3O2S/c1-16-12-13-26-22(15-16)28-23(30)19-5-2-3-6-20(19)27-24(28)31-14-4-7-21(29)17-8-10-18(25)11-9-17/h2-3,5-6,8-13,15H,4,7,14H2,1H3. The third-order valence-electron chi connectivity index (χ3n) is 4.82. The Labute approximate surface area is 183 Å². The van der Waals surface area contributed by atoms with Crippen molar-refractivity contribution >= 4 is 28.4 Å². The van der Waals surface area contributed by atoms with Crippen LogP contribution < -0.4 is 5.56 Å². The molecule has 7 heteroatoms. The molecule has 0 radical (unpaired) electrons. The van der Waals surface area contributed by atoms with Crippen LogP contribution in [0.2, 0.25) is 0 Å². The first kappa shape index (κ1) is 20.9. The Morgan fingerprint density at radius 2 is 1.87 bits per heavy atom. The summed E-state index contributed by atoms with van der Waals surface area (Å²) in [5, 5.41) is 1.07. The summed E-state index contributed by atoms with van der Waals surface area (Å²) >= 11 is 1.42. The molecule has 4 rings (SSSR count). The predicted octanol–water partition coefficient (Wildman–Crippen LogP) is 4.98. The van der Waals surface area contributed by atoms with Crippen molar-refractivity contribution < 1.29 is 9.18 Å². The second-order valence-corrected chi connectivity index (χ2v) is 8.19. The Hall–Kier alpha value is -3.32. The second kappa shape index (κ2) is 9.22. The largest absolute Gasteiger partial charge is 0.294 e. The van der Waals surface area contributed by atoms with Gasteiger partial charge in [-0.05, 0) is 67.4 Å². The Kier molecular flexibility index (Phi) is 6.23. The summed E-state index contributed by atoms with van der Waals surface area (Å²) in [6.45, 7) is 1.94. The lowest BCUT2D eigenvalue weighted by atomic mass is 10.1. The number of thioether (sulfide) groups is 1. The molecule has 31 heavy (non-hydrogen) atoms. The molecule has 156 valence electrons. The third kappa shape index (κ3) is 4.72. The fraction of sp³-hybridized carbons (Fsp3) is 0.167. The zero-order chi connectivity index (χ0) is 21.8. The number of Topliss-reactive ketones (excluding diaryl/α,β-unsaturated/α-hetero) is 1. The van der Waals surface area contributed by atoms with Gasteiger partial charge in [0.25, 0.3) is 5.56 Å². The molecule has 0 N–H and O–H groups in total. The molecule has 0 unspecified atom stereocenters. The zero-order valence-corrected chi connectivity index (χ0v) is 17.7. The van der Waals surface area contributed by atoms with Crippen molar-refractivity contribution in [3.63, 3.8) is 0 Å². The molecule has 2 aromatic carbocycles. The van der Waals surface area contributed by atoms with Crippen molar-refractivity contribution in [2.24, 2.45) is 0 Å². The highest BCUT2D eigenvalue weighted by Crippen LogP contribution is 2.22. The molecule has 5 nitrogen and oxygen atoms in total. The number of halogens is 1. The number of hydrogen-bond acceptors (Lipinski definition) is 5. The van der Waals surface area contributed by atoms with E-state index in [9.17, 15) is 14.0 Å². The average molecular weight is 434 g/mol. The van der Waals surface area contributed by atoms with E-state index in [-0.39, 0.29) is 17.2 Å². The molecule has 0 aliphatic rings. The first-order valence-corrected chi connectivity index (χ1v) is 10.9. The maximum Gasteiger partial charge on any atom is 0.267 e. The second-order valence-electron chi connectivity index (χ2n) is 7.13. The van der Waals surface area contributed by atoms with Crippen LogP contribution in [0.15, 0.2) is 76.8 Å². The van der Waals surface area contributed by atoms with Crippen LogP contribution in [0.4, 0.5) is 4.39 Å². The van der Waals surface area contributed by atoms with Crippen LogP contribution in [0.5, 0.6) is 0 Å². The van der Waals surface area contributed by atoms with Crippen LogP contribution in [0, 0.1) is 12.7 Å². The topological polar surface area (TPSA) is 64.8 Å². The SMILES string of the molecule is Cc1ccnc(-n2c(SCCCC(=O)c3ccc(F)cc3)nc3ccccc3c2=O)c1. The molecular weight excluding hydrogens is 413 g/mol. The van der Waals surface area contributed by atoms with Crippen LogP contribution in [0.25, 0.3) is 16.7 Å². The molecule has 2 heterocycles. The molecule has 0 aliphatic heterocycles. The highest BCUT2D eigenvalue weighted by Gasteiger charge is 2.14. The number of pyridine rings is 1. The maximum atomic E-state index is 13.2. The molecule has 0 spiro atoms. The average Bonchev–Trinajstić information content (AvgIpc) is 2.77. The third-order valence-corrected chi connectivity index (χ3v) is 5.85. The summed E-state index contributed by atoms with van der Waals surface area (Å²) < 4.78 is 14.6. The molecule has 0 atom stereocenters. The minimum Gasteiger partial charge on any atom is -0.294 e. The number of nitrogens with zero attached hydrogens (tertiary/aromatic N) is 3. The van der Waals surface area contributed by atoms with Gasteiger partial charge in [0, 0.05) is 23.9 Å². The Morgan fingerprint density at radius 3 is 2.65 bits per heavy atom.